The first-order valence-electron chi connectivity index (χ1n) is 8.69. The molecular formula is C18H24N2O3. The number of ether oxygens (including phenoxy) is 2. The SMILES string of the molecule is Cc1ccc(C(=O)N2CCO[C@H]3[C@@H](OCC4CC4)CC[C@H]32)cn1. The molecule has 0 radical (unpaired) electrons. The number of aryl methyl sites for hydroxylation is 1. The molecule has 1 amide bonds. The number of carbonyl (C=O) groups is 1. The van der Waals surface area contributed by atoms with Gasteiger partial charge in [-0.2, -0.15) is 0 Å². The molecular weight excluding hydrogens is 292 g/mol. The van der Waals surface area contributed by atoms with Gasteiger partial charge in [0.15, 0.2) is 0 Å². The quantitative estimate of drug-likeness (QED) is 0.854. The van der Waals surface area contributed by atoms with Gasteiger partial charge in [-0.3, -0.25) is 9.78 Å². The van der Waals surface area contributed by atoms with Crippen LogP contribution in [0.2, 0.25) is 0 Å². The van der Waals surface area contributed by atoms with E-state index in [2.05, 4.69) is 4.98 Å². The van der Waals surface area contributed by atoms with Gasteiger partial charge in [0.25, 0.3) is 5.91 Å². The van der Waals surface area contributed by atoms with Crippen LogP contribution in [0.4, 0.5) is 0 Å². The Balaban J connectivity index is 1.44. The van der Waals surface area contributed by atoms with Crippen LogP contribution in [0.1, 0.15) is 41.7 Å². The molecule has 4 rings (SSSR count). The summed E-state index contributed by atoms with van der Waals surface area (Å²) in [6.45, 7) is 4.03. The number of hydrogen-bond acceptors (Lipinski definition) is 4. The molecule has 1 aliphatic heterocycles. The molecule has 3 fully saturated rings. The monoisotopic (exact) mass is 316 g/mol. The Labute approximate surface area is 137 Å². The van der Waals surface area contributed by atoms with Crippen molar-refractivity contribution in [3.63, 3.8) is 0 Å². The van der Waals surface area contributed by atoms with Gasteiger partial charge in [-0.1, -0.05) is 0 Å². The van der Waals surface area contributed by atoms with Crippen molar-refractivity contribution in [1.82, 2.24) is 9.88 Å². The lowest BCUT2D eigenvalue weighted by atomic mass is 10.1. The van der Waals surface area contributed by atoms with Crippen LogP contribution in [0, 0.1) is 12.8 Å². The van der Waals surface area contributed by atoms with Crippen molar-refractivity contribution in [3.8, 4) is 0 Å². The van der Waals surface area contributed by atoms with Crippen LogP contribution in [-0.2, 0) is 9.47 Å². The zero-order chi connectivity index (χ0) is 15.8. The molecule has 0 aromatic carbocycles. The van der Waals surface area contributed by atoms with E-state index in [1.807, 2.05) is 24.0 Å². The Bertz CT molecular complexity index is 570. The first kappa shape index (κ1) is 15.1. The minimum absolute atomic E-state index is 0.0323. The number of aromatic nitrogens is 1. The normalized spacial score (nSPS) is 30.3. The molecule has 1 saturated heterocycles. The van der Waals surface area contributed by atoms with Crippen molar-refractivity contribution in [2.75, 3.05) is 19.8 Å². The summed E-state index contributed by atoms with van der Waals surface area (Å²) in [4.78, 5) is 19.0. The van der Waals surface area contributed by atoms with Crippen LogP contribution >= 0.6 is 0 Å². The molecule has 2 heterocycles. The Morgan fingerprint density at radius 3 is 2.96 bits per heavy atom. The van der Waals surface area contributed by atoms with E-state index >= 15 is 0 Å². The maximum atomic E-state index is 12.8. The van der Waals surface area contributed by atoms with Crippen molar-refractivity contribution in [1.29, 1.82) is 0 Å². The van der Waals surface area contributed by atoms with E-state index < -0.39 is 0 Å². The predicted molar refractivity (Wildman–Crippen MR) is 85.2 cm³/mol. The molecule has 0 unspecified atom stereocenters. The van der Waals surface area contributed by atoms with Crippen molar-refractivity contribution < 1.29 is 14.3 Å². The highest BCUT2D eigenvalue weighted by atomic mass is 16.5. The lowest BCUT2D eigenvalue weighted by molar-refractivity contribution is -0.106. The predicted octanol–water partition coefficient (Wildman–Crippen LogP) is 2.19. The maximum Gasteiger partial charge on any atom is 0.255 e. The summed E-state index contributed by atoms with van der Waals surface area (Å²) in [6, 6.07) is 3.90. The van der Waals surface area contributed by atoms with Gasteiger partial charge in [-0.25, -0.2) is 0 Å². The van der Waals surface area contributed by atoms with E-state index in [4.69, 9.17) is 9.47 Å². The van der Waals surface area contributed by atoms with Gasteiger partial charge in [0, 0.05) is 25.0 Å². The van der Waals surface area contributed by atoms with Crippen LogP contribution in [0.3, 0.4) is 0 Å². The molecule has 2 saturated carbocycles. The summed E-state index contributed by atoms with van der Waals surface area (Å²) in [5, 5.41) is 0. The zero-order valence-electron chi connectivity index (χ0n) is 13.6. The van der Waals surface area contributed by atoms with E-state index in [9.17, 15) is 4.79 Å². The molecule has 124 valence electrons. The third-order valence-corrected chi connectivity index (χ3v) is 5.20. The van der Waals surface area contributed by atoms with Crippen molar-refractivity contribution >= 4 is 5.91 Å². The van der Waals surface area contributed by atoms with E-state index in [-0.39, 0.29) is 24.2 Å². The Morgan fingerprint density at radius 2 is 2.22 bits per heavy atom. The van der Waals surface area contributed by atoms with Gasteiger partial charge in [-0.05, 0) is 50.7 Å². The number of fused-ring (bicyclic) bond motifs is 1. The Hall–Kier alpha value is -1.46. The van der Waals surface area contributed by atoms with Gasteiger partial charge in [0.2, 0.25) is 0 Å². The van der Waals surface area contributed by atoms with E-state index in [1.54, 1.807) is 6.20 Å². The van der Waals surface area contributed by atoms with E-state index in [1.165, 1.54) is 12.8 Å². The van der Waals surface area contributed by atoms with Gasteiger partial charge < -0.3 is 14.4 Å². The fraction of sp³-hybridized carbons (Fsp3) is 0.667. The van der Waals surface area contributed by atoms with Crippen molar-refractivity contribution in [2.45, 2.75) is 50.9 Å². The average molecular weight is 316 g/mol. The number of rotatable bonds is 4. The van der Waals surface area contributed by atoms with Crippen LogP contribution in [0.25, 0.3) is 0 Å². The number of carbonyl (C=O) groups excluding carboxylic acids is 1. The highest BCUT2D eigenvalue weighted by Gasteiger charge is 2.45. The Morgan fingerprint density at radius 1 is 1.35 bits per heavy atom. The number of nitrogens with zero attached hydrogens (tertiary/aromatic N) is 2. The van der Waals surface area contributed by atoms with Crippen LogP contribution in [0.5, 0.6) is 0 Å². The van der Waals surface area contributed by atoms with Gasteiger partial charge in [0.1, 0.15) is 6.10 Å². The maximum absolute atomic E-state index is 12.8. The van der Waals surface area contributed by atoms with Gasteiger partial charge in [0.05, 0.1) is 24.3 Å². The molecule has 0 bridgehead atoms. The molecule has 1 aromatic rings. The highest BCUT2D eigenvalue weighted by Crippen LogP contribution is 2.35. The van der Waals surface area contributed by atoms with Crippen molar-refractivity contribution in [3.05, 3.63) is 29.6 Å². The van der Waals surface area contributed by atoms with Gasteiger partial charge >= 0.3 is 0 Å². The van der Waals surface area contributed by atoms with Crippen LogP contribution in [0.15, 0.2) is 18.3 Å². The number of pyridine rings is 1. The van der Waals surface area contributed by atoms with Crippen LogP contribution < -0.4 is 0 Å². The molecule has 0 spiro atoms. The number of amides is 1. The molecule has 23 heavy (non-hydrogen) atoms. The highest BCUT2D eigenvalue weighted by molar-refractivity contribution is 5.94. The van der Waals surface area contributed by atoms with Crippen molar-refractivity contribution in [2.24, 2.45) is 5.92 Å². The molecule has 3 aliphatic rings. The molecule has 3 atom stereocenters. The first-order valence-corrected chi connectivity index (χ1v) is 8.69. The van der Waals surface area contributed by atoms with E-state index in [0.29, 0.717) is 18.7 Å². The lowest BCUT2D eigenvalue weighted by Crippen LogP contribution is -2.54. The fourth-order valence-electron chi connectivity index (χ4n) is 3.65. The summed E-state index contributed by atoms with van der Waals surface area (Å²) in [5.41, 5.74) is 1.59. The third-order valence-electron chi connectivity index (χ3n) is 5.20. The molecule has 1 aromatic heterocycles. The third kappa shape index (κ3) is 3.12. The second kappa shape index (κ2) is 6.21. The standard InChI is InChI=1S/C18H24N2O3/c1-12-2-5-14(10-19-12)18(21)20-8-9-22-17-15(20)6-7-16(17)23-11-13-3-4-13/h2,5,10,13,15-17H,3-4,6-9,11H2,1H3/t15-,16+,17-/m1/s1. The lowest BCUT2D eigenvalue weighted by Gasteiger charge is -2.39. The summed E-state index contributed by atoms with van der Waals surface area (Å²) >= 11 is 0. The Kier molecular flexibility index (Phi) is 4.07. The molecule has 5 nitrogen and oxygen atoms in total. The first-order chi connectivity index (χ1) is 11.2. The summed E-state index contributed by atoms with van der Waals surface area (Å²) in [5.74, 6) is 0.827. The zero-order valence-corrected chi connectivity index (χ0v) is 13.6. The summed E-state index contributed by atoms with van der Waals surface area (Å²) in [6.07, 6.45) is 6.40. The summed E-state index contributed by atoms with van der Waals surface area (Å²) in [7, 11) is 0. The summed E-state index contributed by atoms with van der Waals surface area (Å²) < 4.78 is 12.0. The smallest absolute Gasteiger partial charge is 0.255 e. The second-order valence-corrected chi connectivity index (χ2v) is 6.98. The molecule has 5 heteroatoms. The van der Waals surface area contributed by atoms with E-state index in [0.717, 1.165) is 31.1 Å². The number of morpholine rings is 1. The minimum atomic E-state index is 0.0323. The average Bonchev–Trinajstić information content (AvgIpc) is 3.31. The molecule has 0 N–H and O–H groups in total. The fourth-order valence-corrected chi connectivity index (χ4v) is 3.65. The minimum Gasteiger partial charge on any atom is -0.375 e. The number of hydrogen-bond donors (Lipinski definition) is 0. The van der Waals surface area contributed by atoms with Gasteiger partial charge in [-0.15, -0.1) is 0 Å². The second-order valence-electron chi connectivity index (χ2n) is 6.98. The largest absolute Gasteiger partial charge is 0.375 e. The molecule has 2 aliphatic carbocycles. The van der Waals surface area contributed by atoms with Crippen LogP contribution in [-0.4, -0.2) is 53.8 Å². The topological polar surface area (TPSA) is 51.7 Å².